The molecule has 0 saturated carbocycles. The standard InChI is InChI=1S/C16H12BrNO2/c1-10-11(8-9-20-10)16(19)18-15-7-6-14(17)12-4-2-3-5-13(12)15/h2-9H,1H3,(H,18,19). The second kappa shape index (κ2) is 5.13. The fourth-order valence-electron chi connectivity index (χ4n) is 2.18. The number of furan rings is 1. The van der Waals surface area contributed by atoms with E-state index in [1.807, 2.05) is 36.4 Å². The summed E-state index contributed by atoms with van der Waals surface area (Å²) in [5.41, 5.74) is 1.34. The number of nitrogens with one attached hydrogen (secondary N) is 1. The highest BCUT2D eigenvalue weighted by Crippen LogP contribution is 2.30. The van der Waals surface area contributed by atoms with Crippen molar-refractivity contribution in [3.63, 3.8) is 0 Å². The third-order valence-electron chi connectivity index (χ3n) is 3.22. The Morgan fingerprint density at radius 2 is 1.85 bits per heavy atom. The Morgan fingerprint density at radius 3 is 2.55 bits per heavy atom. The van der Waals surface area contributed by atoms with Gasteiger partial charge in [-0.15, -0.1) is 0 Å². The van der Waals surface area contributed by atoms with Crippen LogP contribution in [0.2, 0.25) is 0 Å². The summed E-state index contributed by atoms with van der Waals surface area (Å²) in [6.45, 7) is 1.77. The predicted molar refractivity (Wildman–Crippen MR) is 83.0 cm³/mol. The first-order valence-corrected chi connectivity index (χ1v) is 6.99. The Morgan fingerprint density at radius 1 is 1.10 bits per heavy atom. The van der Waals surface area contributed by atoms with Crippen molar-refractivity contribution in [2.75, 3.05) is 5.32 Å². The molecule has 0 unspecified atom stereocenters. The lowest BCUT2D eigenvalue weighted by atomic mass is 10.1. The van der Waals surface area contributed by atoms with Gasteiger partial charge in [0, 0.05) is 15.5 Å². The van der Waals surface area contributed by atoms with Gasteiger partial charge in [0.2, 0.25) is 0 Å². The van der Waals surface area contributed by atoms with Crippen LogP contribution in [0.5, 0.6) is 0 Å². The normalized spacial score (nSPS) is 10.7. The van der Waals surface area contributed by atoms with E-state index in [1.165, 1.54) is 6.26 Å². The third kappa shape index (κ3) is 2.23. The van der Waals surface area contributed by atoms with Gasteiger partial charge in [-0.1, -0.05) is 40.2 Å². The quantitative estimate of drug-likeness (QED) is 0.736. The second-order valence-corrected chi connectivity index (χ2v) is 5.34. The molecule has 3 aromatic rings. The summed E-state index contributed by atoms with van der Waals surface area (Å²) in [4.78, 5) is 12.2. The highest BCUT2D eigenvalue weighted by molar-refractivity contribution is 9.10. The SMILES string of the molecule is Cc1occc1C(=O)Nc1ccc(Br)c2ccccc12. The number of carbonyl (C=O) groups is 1. The Hall–Kier alpha value is -2.07. The molecule has 0 saturated heterocycles. The van der Waals surface area contributed by atoms with Crippen molar-refractivity contribution < 1.29 is 9.21 Å². The van der Waals surface area contributed by atoms with Crippen LogP contribution in [0.1, 0.15) is 16.1 Å². The summed E-state index contributed by atoms with van der Waals surface area (Å²) in [7, 11) is 0. The van der Waals surface area contributed by atoms with Gasteiger partial charge < -0.3 is 9.73 Å². The molecule has 100 valence electrons. The maximum absolute atomic E-state index is 12.2. The van der Waals surface area contributed by atoms with Crippen molar-refractivity contribution in [2.45, 2.75) is 6.92 Å². The fourth-order valence-corrected chi connectivity index (χ4v) is 2.66. The molecule has 0 aliphatic rings. The molecule has 3 rings (SSSR count). The summed E-state index contributed by atoms with van der Waals surface area (Å²) < 4.78 is 6.17. The van der Waals surface area contributed by atoms with Crippen molar-refractivity contribution in [2.24, 2.45) is 0 Å². The maximum Gasteiger partial charge on any atom is 0.259 e. The van der Waals surface area contributed by atoms with Crippen LogP contribution in [0.4, 0.5) is 5.69 Å². The van der Waals surface area contributed by atoms with Crippen LogP contribution in [0.3, 0.4) is 0 Å². The molecule has 0 aliphatic heterocycles. The van der Waals surface area contributed by atoms with E-state index in [4.69, 9.17) is 4.42 Å². The summed E-state index contributed by atoms with van der Waals surface area (Å²) in [6.07, 6.45) is 1.52. The molecule has 0 spiro atoms. The van der Waals surface area contributed by atoms with Gasteiger partial charge in [-0.3, -0.25) is 4.79 Å². The third-order valence-corrected chi connectivity index (χ3v) is 3.91. The molecule has 0 aliphatic carbocycles. The number of hydrogen-bond acceptors (Lipinski definition) is 2. The Kier molecular flexibility index (Phi) is 3.32. The molecule has 1 aromatic heterocycles. The Labute approximate surface area is 124 Å². The molecule has 1 N–H and O–H groups in total. The van der Waals surface area contributed by atoms with E-state index in [0.717, 1.165) is 20.9 Å². The molecule has 2 aromatic carbocycles. The van der Waals surface area contributed by atoms with Gasteiger partial charge in [-0.25, -0.2) is 0 Å². The largest absolute Gasteiger partial charge is 0.469 e. The lowest BCUT2D eigenvalue weighted by Gasteiger charge is -2.09. The van der Waals surface area contributed by atoms with E-state index in [0.29, 0.717) is 11.3 Å². The summed E-state index contributed by atoms with van der Waals surface area (Å²) in [5.74, 6) is 0.452. The van der Waals surface area contributed by atoms with Gasteiger partial charge in [0.05, 0.1) is 11.8 Å². The van der Waals surface area contributed by atoms with Gasteiger partial charge >= 0.3 is 0 Å². The van der Waals surface area contributed by atoms with Gasteiger partial charge in [-0.05, 0) is 30.5 Å². The fraction of sp³-hybridized carbons (Fsp3) is 0.0625. The van der Waals surface area contributed by atoms with E-state index in [1.54, 1.807) is 13.0 Å². The molecule has 20 heavy (non-hydrogen) atoms. The zero-order chi connectivity index (χ0) is 14.1. The van der Waals surface area contributed by atoms with Crippen molar-refractivity contribution >= 4 is 38.3 Å². The number of halogens is 1. The summed E-state index contributed by atoms with van der Waals surface area (Å²) in [5, 5.41) is 5.00. The lowest BCUT2D eigenvalue weighted by molar-refractivity contribution is 0.102. The zero-order valence-electron chi connectivity index (χ0n) is 10.8. The van der Waals surface area contributed by atoms with Gasteiger partial charge in [0.1, 0.15) is 5.76 Å². The first kappa shape index (κ1) is 12.9. The summed E-state index contributed by atoms with van der Waals surface area (Å²) in [6, 6.07) is 13.4. The molecule has 1 amide bonds. The minimum absolute atomic E-state index is 0.163. The monoisotopic (exact) mass is 329 g/mol. The van der Waals surface area contributed by atoms with Crippen LogP contribution in [0.25, 0.3) is 10.8 Å². The Bertz CT molecular complexity index is 792. The number of amides is 1. The van der Waals surface area contributed by atoms with Gasteiger partial charge in [-0.2, -0.15) is 0 Å². The molecule has 1 heterocycles. The first-order chi connectivity index (χ1) is 9.66. The average molecular weight is 330 g/mol. The van der Waals surface area contributed by atoms with Crippen molar-refractivity contribution in [3.8, 4) is 0 Å². The second-order valence-electron chi connectivity index (χ2n) is 4.49. The van der Waals surface area contributed by atoms with Crippen molar-refractivity contribution in [1.29, 1.82) is 0 Å². The highest BCUT2D eigenvalue weighted by atomic mass is 79.9. The van der Waals surface area contributed by atoms with Crippen LogP contribution in [-0.2, 0) is 0 Å². The number of rotatable bonds is 2. The molecule has 0 bridgehead atoms. The molecule has 0 radical (unpaired) electrons. The van der Waals surface area contributed by atoms with Crippen molar-refractivity contribution in [1.82, 2.24) is 0 Å². The van der Waals surface area contributed by atoms with E-state index in [2.05, 4.69) is 21.2 Å². The molecule has 4 heteroatoms. The smallest absolute Gasteiger partial charge is 0.259 e. The minimum Gasteiger partial charge on any atom is -0.469 e. The number of fused-ring (bicyclic) bond motifs is 1. The van der Waals surface area contributed by atoms with Crippen LogP contribution in [0.15, 0.2) is 57.6 Å². The Balaban J connectivity index is 2.02. The van der Waals surface area contributed by atoms with E-state index < -0.39 is 0 Å². The van der Waals surface area contributed by atoms with Gasteiger partial charge in [0.25, 0.3) is 5.91 Å². The molecule has 0 atom stereocenters. The first-order valence-electron chi connectivity index (χ1n) is 6.19. The maximum atomic E-state index is 12.2. The van der Waals surface area contributed by atoms with Gasteiger partial charge in [0.15, 0.2) is 0 Å². The van der Waals surface area contributed by atoms with Crippen LogP contribution < -0.4 is 5.32 Å². The molecular formula is C16H12BrNO2. The van der Waals surface area contributed by atoms with E-state index in [9.17, 15) is 4.79 Å². The minimum atomic E-state index is -0.163. The molecule has 0 fully saturated rings. The van der Waals surface area contributed by atoms with Crippen LogP contribution in [-0.4, -0.2) is 5.91 Å². The number of anilines is 1. The topological polar surface area (TPSA) is 42.2 Å². The number of carbonyl (C=O) groups excluding carboxylic acids is 1. The van der Waals surface area contributed by atoms with Crippen LogP contribution >= 0.6 is 15.9 Å². The van der Waals surface area contributed by atoms with Crippen molar-refractivity contribution in [3.05, 3.63) is 64.5 Å². The molecule has 3 nitrogen and oxygen atoms in total. The average Bonchev–Trinajstić information content (AvgIpc) is 2.88. The van der Waals surface area contributed by atoms with Crippen LogP contribution in [0, 0.1) is 6.92 Å². The summed E-state index contributed by atoms with van der Waals surface area (Å²) >= 11 is 3.52. The molecular weight excluding hydrogens is 318 g/mol. The highest BCUT2D eigenvalue weighted by Gasteiger charge is 2.13. The predicted octanol–water partition coefficient (Wildman–Crippen LogP) is 4.76. The van der Waals surface area contributed by atoms with E-state index >= 15 is 0 Å². The number of hydrogen-bond donors (Lipinski definition) is 1. The number of aryl methyl sites for hydroxylation is 1. The number of benzene rings is 2. The van der Waals surface area contributed by atoms with E-state index in [-0.39, 0.29) is 5.91 Å². The zero-order valence-corrected chi connectivity index (χ0v) is 12.4. The lowest BCUT2D eigenvalue weighted by Crippen LogP contribution is -2.12.